The first kappa shape index (κ1) is 17.2. The SMILES string of the molecule is CCCNC1CCC(C)(C)CC1CN1CCOC(CO)C1. The van der Waals surface area contributed by atoms with Gasteiger partial charge in [0.2, 0.25) is 0 Å². The van der Waals surface area contributed by atoms with E-state index in [1.807, 2.05) is 0 Å². The second-order valence-electron chi connectivity index (χ2n) is 7.66. The Morgan fingerprint density at radius 2 is 2.19 bits per heavy atom. The van der Waals surface area contributed by atoms with Crippen molar-refractivity contribution >= 4 is 0 Å². The molecule has 0 aromatic rings. The predicted octanol–water partition coefficient (Wildman–Crippen LogP) is 1.87. The number of rotatable bonds is 6. The minimum Gasteiger partial charge on any atom is -0.394 e. The second kappa shape index (κ2) is 7.91. The molecule has 1 aliphatic carbocycles. The van der Waals surface area contributed by atoms with Crippen LogP contribution in [0, 0.1) is 11.3 Å². The van der Waals surface area contributed by atoms with Crippen molar-refractivity contribution in [3.63, 3.8) is 0 Å². The summed E-state index contributed by atoms with van der Waals surface area (Å²) in [4.78, 5) is 2.50. The lowest BCUT2D eigenvalue weighted by Crippen LogP contribution is -2.51. The molecule has 1 saturated heterocycles. The molecule has 0 bridgehead atoms. The largest absolute Gasteiger partial charge is 0.394 e. The number of nitrogens with one attached hydrogen (secondary N) is 1. The smallest absolute Gasteiger partial charge is 0.0932 e. The number of aliphatic hydroxyl groups excluding tert-OH is 1. The third-order valence-corrected chi connectivity index (χ3v) is 5.09. The molecule has 2 rings (SSSR count). The quantitative estimate of drug-likeness (QED) is 0.786. The molecule has 1 heterocycles. The van der Waals surface area contributed by atoms with Crippen LogP contribution in [-0.4, -0.2) is 61.5 Å². The van der Waals surface area contributed by atoms with Crippen molar-refractivity contribution in [1.29, 1.82) is 0 Å². The van der Waals surface area contributed by atoms with Gasteiger partial charge in [-0.05, 0) is 43.6 Å². The van der Waals surface area contributed by atoms with Crippen LogP contribution >= 0.6 is 0 Å². The maximum Gasteiger partial charge on any atom is 0.0932 e. The lowest BCUT2D eigenvalue weighted by molar-refractivity contribution is -0.0606. The molecule has 2 N–H and O–H groups in total. The van der Waals surface area contributed by atoms with Gasteiger partial charge in [-0.1, -0.05) is 20.8 Å². The molecule has 2 aliphatic rings. The fourth-order valence-electron chi connectivity index (χ4n) is 3.91. The summed E-state index contributed by atoms with van der Waals surface area (Å²) >= 11 is 0. The van der Waals surface area contributed by atoms with Crippen LogP contribution in [0.5, 0.6) is 0 Å². The molecule has 0 aromatic carbocycles. The van der Waals surface area contributed by atoms with E-state index in [-0.39, 0.29) is 12.7 Å². The molecule has 4 heteroatoms. The predicted molar refractivity (Wildman–Crippen MR) is 86.5 cm³/mol. The van der Waals surface area contributed by atoms with Crippen LogP contribution in [0.4, 0.5) is 0 Å². The van der Waals surface area contributed by atoms with Gasteiger partial charge in [0, 0.05) is 25.7 Å². The Labute approximate surface area is 130 Å². The summed E-state index contributed by atoms with van der Waals surface area (Å²) in [6, 6.07) is 0.661. The number of morpholine rings is 1. The van der Waals surface area contributed by atoms with E-state index < -0.39 is 0 Å². The minimum atomic E-state index is 0.0115. The Balaban J connectivity index is 1.91. The van der Waals surface area contributed by atoms with Crippen LogP contribution in [0.15, 0.2) is 0 Å². The van der Waals surface area contributed by atoms with E-state index in [0.717, 1.165) is 38.7 Å². The molecule has 2 fully saturated rings. The van der Waals surface area contributed by atoms with Crippen LogP contribution in [0.2, 0.25) is 0 Å². The molecule has 0 spiro atoms. The Hall–Kier alpha value is -0.160. The lowest BCUT2D eigenvalue weighted by atomic mass is 9.69. The van der Waals surface area contributed by atoms with E-state index in [1.165, 1.54) is 25.7 Å². The van der Waals surface area contributed by atoms with E-state index in [2.05, 4.69) is 31.0 Å². The summed E-state index contributed by atoms with van der Waals surface area (Å²) in [5, 5.41) is 13.1. The molecular formula is C17H34N2O2. The Bertz CT molecular complexity index is 309. The molecule has 4 nitrogen and oxygen atoms in total. The van der Waals surface area contributed by atoms with Crippen LogP contribution in [-0.2, 0) is 4.74 Å². The van der Waals surface area contributed by atoms with Gasteiger partial charge in [0.1, 0.15) is 0 Å². The fraction of sp³-hybridized carbons (Fsp3) is 1.00. The maximum atomic E-state index is 9.30. The highest BCUT2D eigenvalue weighted by atomic mass is 16.5. The zero-order valence-electron chi connectivity index (χ0n) is 14.1. The number of nitrogens with zero attached hydrogens (tertiary/aromatic N) is 1. The third-order valence-electron chi connectivity index (χ3n) is 5.09. The Morgan fingerprint density at radius 1 is 1.38 bits per heavy atom. The van der Waals surface area contributed by atoms with Gasteiger partial charge < -0.3 is 15.2 Å². The molecule has 1 aliphatic heterocycles. The Morgan fingerprint density at radius 3 is 2.90 bits per heavy atom. The highest BCUT2D eigenvalue weighted by Crippen LogP contribution is 2.39. The average Bonchev–Trinajstić information content (AvgIpc) is 2.46. The van der Waals surface area contributed by atoms with E-state index in [1.54, 1.807) is 0 Å². The van der Waals surface area contributed by atoms with Crippen molar-refractivity contribution in [2.45, 2.75) is 58.6 Å². The third kappa shape index (κ3) is 5.20. The molecule has 0 aromatic heterocycles. The van der Waals surface area contributed by atoms with Crippen molar-refractivity contribution in [1.82, 2.24) is 10.2 Å². The highest BCUT2D eigenvalue weighted by Gasteiger charge is 2.36. The summed E-state index contributed by atoms with van der Waals surface area (Å²) in [5.74, 6) is 0.720. The maximum absolute atomic E-state index is 9.30. The van der Waals surface area contributed by atoms with E-state index in [9.17, 15) is 5.11 Å². The number of hydrogen-bond acceptors (Lipinski definition) is 4. The first-order valence-corrected chi connectivity index (χ1v) is 8.72. The highest BCUT2D eigenvalue weighted by molar-refractivity contribution is 4.91. The zero-order chi connectivity index (χ0) is 15.3. The molecule has 21 heavy (non-hydrogen) atoms. The Kier molecular flexibility index (Phi) is 6.48. The van der Waals surface area contributed by atoms with Crippen molar-refractivity contribution in [2.24, 2.45) is 11.3 Å². The summed E-state index contributed by atoms with van der Waals surface area (Å²) in [6.07, 6.45) is 5.14. The molecule has 3 unspecified atom stereocenters. The van der Waals surface area contributed by atoms with Gasteiger partial charge >= 0.3 is 0 Å². The van der Waals surface area contributed by atoms with E-state index in [4.69, 9.17) is 4.74 Å². The van der Waals surface area contributed by atoms with Gasteiger partial charge in [0.15, 0.2) is 0 Å². The standard InChI is InChI=1S/C17H34N2O2/c1-4-7-18-16-5-6-17(2,3)10-14(16)11-19-8-9-21-15(12-19)13-20/h14-16,18,20H,4-13H2,1-3H3. The summed E-state index contributed by atoms with van der Waals surface area (Å²) in [7, 11) is 0. The summed E-state index contributed by atoms with van der Waals surface area (Å²) < 4.78 is 5.57. The molecule has 0 radical (unpaired) electrons. The normalized spacial score (nSPS) is 34.0. The minimum absolute atomic E-state index is 0.0115. The van der Waals surface area contributed by atoms with E-state index in [0.29, 0.717) is 11.5 Å². The summed E-state index contributed by atoms with van der Waals surface area (Å²) in [5.41, 5.74) is 0.470. The number of ether oxygens (including phenoxy) is 1. The van der Waals surface area contributed by atoms with Crippen LogP contribution < -0.4 is 5.32 Å². The van der Waals surface area contributed by atoms with Gasteiger partial charge in [-0.2, -0.15) is 0 Å². The summed E-state index contributed by atoms with van der Waals surface area (Å²) in [6.45, 7) is 12.1. The number of hydrogen-bond donors (Lipinski definition) is 2. The molecular weight excluding hydrogens is 264 g/mol. The molecule has 1 saturated carbocycles. The van der Waals surface area contributed by atoms with Crippen molar-refractivity contribution in [3.8, 4) is 0 Å². The van der Waals surface area contributed by atoms with Crippen molar-refractivity contribution in [3.05, 3.63) is 0 Å². The van der Waals surface area contributed by atoms with Gasteiger partial charge in [0.05, 0.1) is 19.3 Å². The fourth-order valence-corrected chi connectivity index (χ4v) is 3.91. The van der Waals surface area contributed by atoms with Gasteiger partial charge in [0.25, 0.3) is 0 Å². The second-order valence-corrected chi connectivity index (χ2v) is 7.66. The van der Waals surface area contributed by atoms with Crippen LogP contribution in [0.1, 0.15) is 46.5 Å². The van der Waals surface area contributed by atoms with E-state index >= 15 is 0 Å². The van der Waals surface area contributed by atoms with Gasteiger partial charge in [-0.3, -0.25) is 4.90 Å². The first-order valence-electron chi connectivity index (χ1n) is 8.72. The zero-order valence-corrected chi connectivity index (χ0v) is 14.1. The molecule has 124 valence electrons. The van der Waals surface area contributed by atoms with Gasteiger partial charge in [-0.15, -0.1) is 0 Å². The molecule has 0 amide bonds. The van der Waals surface area contributed by atoms with Crippen molar-refractivity contribution in [2.75, 3.05) is 39.4 Å². The lowest BCUT2D eigenvalue weighted by Gasteiger charge is -2.44. The average molecular weight is 298 g/mol. The number of aliphatic hydroxyl groups is 1. The van der Waals surface area contributed by atoms with Gasteiger partial charge in [-0.25, -0.2) is 0 Å². The topological polar surface area (TPSA) is 44.7 Å². The monoisotopic (exact) mass is 298 g/mol. The van der Waals surface area contributed by atoms with Crippen LogP contribution in [0.3, 0.4) is 0 Å². The van der Waals surface area contributed by atoms with Crippen molar-refractivity contribution < 1.29 is 9.84 Å². The van der Waals surface area contributed by atoms with Crippen LogP contribution in [0.25, 0.3) is 0 Å². The molecule has 3 atom stereocenters. The first-order chi connectivity index (χ1) is 10.0.